The molecule has 504 valence electrons. The molecule has 2 fully saturated rings. The van der Waals surface area contributed by atoms with Crippen molar-refractivity contribution < 1.29 is 61.8 Å². The summed E-state index contributed by atoms with van der Waals surface area (Å²) in [5.74, 6) is -3.33. The van der Waals surface area contributed by atoms with E-state index < -0.39 is 107 Å². The first-order valence-corrected chi connectivity index (χ1v) is 34.6. The normalized spacial score (nSPS) is 26.3. The van der Waals surface area contributed by atoms with Gasteiger partial charge in [0, 0.05) is 99.1 Å². The zero-order valence-electron chi connectivity index (χ0n) is 54.1. The molecule has 9 rings (SSSR count). The van der Waals surface area contributed by atoms with Crippen molar-refractivity contribution in [3.8, 4) is 5.75 Å². The number of aromatic amines is 1. The van der Waals surface area contributed by atoms with Gasteiger partial charge in [0.15, 0.2) is 0 Å². The Labute approximate surface area is 556 Å². The van der Waals surface area contributed by atoms with Crippen molar-refractivity contribution in [2.24, 2.45) is 0 Å². The van der Waals surface area contributed by atoms with Gasteiger partial charge >= 0.3 is 0 Å². The lowest BCUT2D eigenvalue weighted by atomic mass is 9.95. The van der Waals surface area contributed by atoms with Crippen molar-refractivity contribution in [3.05, 3.63) is 136 Å². The Bertz CT molecular complexity index is 3540. The summed E-state index contributed by atoms with van der Waals surface area (Å²) in [5, 5.41) is 20.5. The minimum atomic E-state index is -1.48. The Hall–Kier alpha value is -8.00. The van der Waals surface area contributed by atoms with Crippen LogP contribution in [0.3, 0.4) is 0 Å². The molecule has 0 saturated carbocycles. The molecule has 0 radical (unpaired) electrons. The SMILES string of the molecule is COc1ccc(C[C@@H]2NC(=O)[C@H]([C@@H](C)OC)NC(=O)[C@@H]3[C@@H]4CCN3C(=O)[C@H](Cc3c[nH]c5ccc(F)cc35)NC(=O)[C@H](Cc3cccc(c3)CCCCO4)NC(=O)[C@@H](C)NC(=O)[C@H](C)NC(=O)CCSCc3cccc(c3)CSCCNC(=O)[C@]3(C)CCCN3C2=O)cc1. The number of hydrogen-bond acceptors (Lipinski definition) is 14. The first kappa shape index (κ1) is 70.3. The number of aromatic nitrogens is 1. The molecule has 5 heterocycles. The highest BCUT2D eigenvalue weighted by atomic mass is 32.2. The number of H-pyrrole nitrogens is 1. The van der Waals surface area contributed by atoms with Gasteiger partial charge in [0.05, 0.1) is 19.3 Å². The number of nitrogens with one attached hydrogen (secondary N) is 8. The number of fused-ring (bicyclic) bond motifs is 10. The Morgan fingerprint density at radius 2 is 1.36 bits per heavy atom. The minimum Gasteiger partial charge on any atom is -0.497 e. The molecule has 1 aromatic heterocycles. The summed E-state index contributed by atoms with van der Waals surface area (Å²) in [6, 6.07) is 17.6. The maximum atomic E-state index is 15.7. The fourth-order valence-corrected chi connectivity index (χ4v) is 14.3. The van der Waals surface area contributed by atoms with Crippen molar-refractivity contribution in [2.45, 2.75) is 163 Å². The molecule has 10 atom stereocenters. The van der Waals surface area contributed by atoms with Gasteiger partial charge in [0.25, 0.3) is 0 Å². The highest BCUT2D eigenvalue weighted by Crippen LogP contribution is 2.32. The predicted molar refractivity (Wildman–Crippen MR) is 357 cm³/mol. The number of carbonyl (C=O) groups is 9. The highest BCUT2D eigenvalue weighted by Gasteiger charge is 2.49. The molecule has 5 aromatic rings. The number of hydrogen-bond donors (Lipinski definition) is 8. The van der Waals surface area contributed by atoms with E-state index in [-0.39, 0.29) is 63.6 Å². The summed E-state index contributed by atoms with van der Waals surface area (Å²) in [6.07, 6.45) is 2.33. The van der Waals surface area contributed by atoms with Gasteiger partial charge in [0.2, 0.25) is 53.2 Å². The number of amides is 9. The van der Waals surface area contributed by atoms with Crippen molar-refractivity contribution in [1.82, 2.24) is 52.0 Å². The number of thioether (sulfide) groups is 2. The van der Waals surface area contributed by atoms with Crippen LogP contribution in [-0.2, 0) is 89.8 Å². The molecular formula is C69H87FN10O12S2. The average molecular weight is 1330 g/mol. The fraction of sp³-hybridized carbons (Fsp3) is 0.493. The summed E-state index contributed by atoms with van der Waals surface area (Å²) in [6.45, 7) is 6.97. The summed E-state index contributed by atoms with van der Waals surface area (Å²) in [7, 11) is 2.90. The van der Waals surface area contributed by atoms with Gasteiger partial charge in [-0.3, -0.25) is 43.2 Å². The van der Waals surface area contributed by atoms with E-state index in [2.05, 4.69) is 48.3 Å². The largest absolute Gasteiger partial charge is 0.497 e. The van der Waals surface area contributed by atoms with Gasteiger partial charge in [-0.25, -0.2) is 4.39 Å². The van der Waals surface area contributed by atoms with Gasteiger partial charge in [-0.05, 0) is 130 Å². The van der Waals surface area contributed by atoms with E-state index in [4.69, 9.17) is 14.2 Å². The summed E-state index contributed by atoms with van der Waals surface area (Å²) in [4.78, 5) is 138. The first-order chi connectivity index (χ1) is 45.2. The van der Waals surface area contributed by atoms with Crippen LogP contribution in [0.5, 0.6) is 5.75 Å². The van der Waals surface area contributed by atoms with Crippen LogP contribution in [0.15, 0.2) is 97.2 Å². The van der Waals surface area contributed by atoms with Crippen LogP contribution < -0.4 is 42.0 Å². The van der Waals surface area contributed by atoms with E-state index in [1.54, 1.807) is 73.9 Å². The van der Waals surface area contributed by atoms with Crippen LogP contribution >= 0.6 is 23.5 Å². The lowest BCUT2D eigenvalue weighted by Crippen LogP contribution is -2.64. The molecule has 4 aliphatic heterocycles. The third-order valence-electron chi connectivity index (χ3n) is 18.0. The number of carbonyl (C=O) groups excluding carboxylic acids is 9. The van der Waals surface area contributed by atoms with Gasteiger partial charge in [-0.15, -0.1) is 0 Å². The molecule has 8 bridgehead atoms. The maximum absolute atomic E-state index is 15.7. The maximum Gasteiger partial charge on any atom is 0.246 e. The fourth-order valence-electron chi connectivity index (χ4n) is 12.6. The van der Waals surface area contributed by atoms with E-state index in [9.17, 15) is 19.2 Å². The third-order valence-corrected chi connectivity index (χ3v) is 20.1. The molecule has 4 aromatic carbocycles. The Kier molecular flexibility index (Phi) is 24.6. The van der Waals surface area contributed by atoms with Crippen molar-refractivity contribution in [3.63, 3.8) is 0 Å². The smallest absolute Gasteiger partial charge is 0.246 e. The summed E-state index contributed by atoms with van der Waals surface area (Å²) in [5.41, 5.74) is 4.15. The van der Waals surface area contributed by atoms with E-state index in [0.29, 0.717) is 95.0 Å². The molecule has 0 spiro atoms. The number of methoxy groups -OCH3 is 2. The zero-order chi connectivity index (χ0) is 67.1. The number of rotatable bonds is 7. The van der Waals surface area contributed by atoms with E-state index >= 15 is 28.4 Å². The molecule has 22 nitrogen and oxygen atoms in total. The second kappa shape index (κ2) is 32.9. The lowest BCUT2D eigenvalue weighted by molar-refractivity contribution is -0.147. The Morgan fingerprint density at radius 1 is 0.681 bits per heavy atom. The Balaban J connectivity index is 1.06. The molecule has 2 saturated heterocycles. The number of aryl methyl sites for hydroxylation is 1. The van der Waals surface area contributed by atoms with Crippen LogP contribution in [0.2, 0.25) is 0 Å². The second-order valence-corrected chi connectivity index (χ2v) is 27.1. The van der Waals surface area contributed by atoms with Crippen molar-refractivity contribution >= 4 is 87.6 Å². The molecular weight excluding hydrogens is 1240 g/mol. The lowest BCUT2D eigenvalue weighted by Gasteiger charge is -2.37. The molecule has 4 aliphatic rings. The van der Waals surface area contributed by atoms with Gasteiger partial charge in [0.1, 0.15) is 59.4 Å². The first-order valence-electron chi connectivity index (χ1n) is 32.3. The van der Waals surface area contributed by atoms with Gasteiger partial charge in [-0.1, -0.05) is 60.7 Å². The number of nitrogens with zero attached hydrogens (tertiary/aromatic N) is 2. The van der Waals surface area contributed by atoms with Crippen LogP contribution in [0.1, 0.15) is 99.6 Å². The van der Waals surface area contributed by atoms with Crippen LogP contribution in [0.25, 0.3) is 10.9 Å². The molecule has 25 heteroatoms. The molecule has 94 heavy (non-hydrogen) atoms. The molecule has 9 amide bonds. The van der Waals surface area contributed by atoms with Gasteiger partial charge < -0.3 is 66.2 Å². The van der Waals surface area contributed by atoms with Crippen molar-refractivity contribution in [1.29, 1.82) is 0 Å². The van der Waals surface area contributed by atoms with Crippen LogP contribution in [0.4, 0.5) is 4.39 Å². The van der Waals surface area contributed by atoms with E-state index in [1.807, 2.05) is 42.5 Å². The van der Waals surface area contributed by atoms with Gasteiger partial charge in [-0.2, -0.15) is 23.5 Å². The number of ether oxygens (including phenoxy) is 3. The third kappa shape index (κ3) is 18.1. The minimum absolute atomic E-state index is 0.0138. The van der Waals surface area contributed by atoms with Crippen LogP contribution in [0, 0.1) is 5.82 Å². The topological polar surface area (TPSA) is 288 Å². The second-order valence-electron chi connectivity index (χ2n) is 24.8. The quantitative estimate of drug-likeness (QED) is 0.110. The Morgan fingerprint density at radius 3 is 2.11 bits per heavy atom. The number of benzene rings is 4. The standard InChI is InChI=1S/C69H87FN10O12S2/c1-41-61(82)74-42(2)62(83)75-54-35-46-14-9-13-44(32-46)12-7-8-29-92-57-23-28-79(66(87)56(76-63(54)84)36-49-38-72-53-22-19-50(70)37-52(49)53)60(57)65(86)78-59(43(3)90-5)64(85)77-55(34-45-17-20-51(91-6)21-18-45)67(88)80-27-11-25-69(80,4)68(89)71-26-31-94-40-48-16-10-15-47(33-48)39-93-30-24-58(81)73-41/h9-10,13-22,32-33,37-38,41-43,54-57,59-60,72H,7-8,11-12,23-31,34-36,39-40H2,1-6H3,(H,71,89)(H,73,81)(H,74,82)(H,75,83)(H,76,84)(H,77,85)(H,78,86)/t41-,42+,43+,54-,55-,56-,57-,59-,60-,69-/m0/s1. The molecule has 0 aliphatic carbocycles. The van der Waals surface area contributed by atoms with E-state index in [1.165, 1.54) is 50.0 Å². The average Bonchev–Trinajstić information content (AvgIpc) is 1.55. The zero-order valence-corrected chi connectivity index (χ0v) is 55.8. The summed E-state index contributed by atoms with van der Waals surface area (Å²) >= 11 is 3.20. The monoisotopic (exact) mass is 1330 g/mol. The highest BCUT2D eigenvalue weighted by molar-refractivity contribution is 7.98. The predicted octanol–water partition coefficient (Wildman–Crippen LogP) is 4.72. The summed E-state index contributed by atoms with van der Waals surface area (Å²) < 4.78 is 32.8. The number of halogens is 1. The van der Waals surface area contributed by atoms with Crippen molar-refractivity contribution in [2.75, 3.05) is 52.0 Å². The van der Waals surface area contributed by atoms with E-state index in [0.717, 1.165) is 16.7 Å². The molecule has 8 N–H and O–H groups in total. The van der Waals surface area contributed by atoms with Crippen LogP contribution in [-0.4, -0.2) is 180 Å². The molecule has 0 unspecified atom stereocenters.